The SMILES string of the molecule is CCNC(CN1CCN2CCCC2C1)c1ccccc1. The average molecular weight is 273 g/mol. The Morgan fingerprint density at radius 3 is 2.85 bits per heavy atom. The summed E-state index contributed by atoms with van der Waals surface area (Å²) in [5, 5.41) is 3.65. The Hall–Kier alpha value is -0.900. The summed E-state index contributed by atoms with van der Waals surface area (Å²) in [6.07, 6.45) is 2.79. The predicted molar refractivity (Wildman–Crippen MR) is 83.9 cm³/mol. The van der Waals surface area contributed by atoms with Gasteiger partial charge in [0.15, 0.2) is 0 Å². The Bertz CT molecular complexity index is 406. The summed E-state index contributed by atoms with van der Waals surface area (Å²) in [6, 6.07) is 12.2. The van der Waals surface area contributed by atoms with Crippen molar-refractivity contribution in [1.82, 2.24) is 15.1 Å². The third-order valence-corrected chi connectivity index (χ3v) is 4.76. The Kier molecular flexibility index (Phi) is 4.71. The first-order valence-corrected chi connectivity index (χ1v) is 8.11. The lowest BCUT2D eigenvalue weighted by molar-refractivity contribution is 0.0965. The first-order chi connectivity index (χ1) is 9.86. The van der Waals surface area contributed by atoms with Crippen LogP contribution in [-0.4, -0.2) is 55.1 Å². The normalized spacial score (nSPS) is 25.6. The van der Waals surface area contributed by atoms with Gasteiger partial charge in [-0.3, -0.25) is 9.80 Å². The molecule has 1 aromatic rings. The van der Waals surface area contributed by atoms with Crippen LogP contribution in [0.1, 0.15) is 31.4 Å². The monoisotopic (exact) mass is 273 g/mol. The summed E-state index contributed by atoms with van der Waals surface area (Å²) in [5.41, 5.74) is 1.42. The second-order valence-corrected chi connectivity index (χ2v) is 6.11. The molecule has 2 heterocycles. The maximum absolute atomic E-state index is 3.65. The van der Waals surface area contributed by atoms with Gasteiger partial charge in [-0.05, 0) is 31.5 Å². The lowest BCUT2D eigenvalue weighted by atomic mass is 10.0. The van der Waals surface area contributed by atoms with E-state index in [0.29, 0.717) is 6.04 Å². The molecule has 110 valence electrons. The molecule has 3 heteroatoms. The van der Waals surface area contributed by atoms with E-state index in [2.05, 4.69) is 52.4 Å². The van der Waals surface area contributed by atoms with E-state index in [1.807, 2.05) is 0 Å². The highest BCUT2D eigenvalue weighted by Gasteiger charge is 2.31. The Morgan fingerprint density at radius 1 is 1.20 bits per heavy atom. The van der Waals surface area contributed by atoms with E-state index in [1.54, 1.807) is 0 Å². The van der Waals surface area contributed by atoms with Gasteiger partial charge in [0.25, 0.3) is 0 Å². The second kappa shape index (κ2) is 6.70. The summed E-state index contributed by atoms with van der Waals surface area (Å²) in [4.78, 5) is 5.34. The van der Waals surface area contributed by atoms with Crippen LogP contribution in [0.25, 0.3) is 0 Å². The van der Waals surface area contributed by atoms with Crippen molar-refractivity contribution in [3.05, 3.63) is 35.9 Å². The molecular formula is C17H27N3. The highest BCUT2D eigenvalue weighted by molar-refractivity contribution is 5.19. The van der Waals surface area contributed by atoms with E-state index in [0.717, 1.165) is 19.1 Å². The van der Waals surface area contributed by atoms with Crippen LogP contribution in [-0.2, 0) is 0 Å². The van der Waals surface area contributed by atoms with Crippen LogP contribution in [0, 0.1) is 0 Å². The van der Waals surface area contributed by atoms with Crippen molar-refractivity contribution in [3.63, 3.8) is 0 Å². The van der Waals surface area contributed by atoms with Gasteiger partial charge >= 0.3 is 0 Å². The summed E-state index contributed by atoms with van der Waals surface area (Å²) in [6.45, 7) is 9.45. The molecule has 0 spiro atoms. The Balaban J connectivity index is 1.62. The van der Waals surface area contributed by atoms with Gasteiger partial charge in [-0.2, -0.15) is 0 Å². The highest BCUT2D eigenvalue weighted by atomic mass is 15.3. The van der Waals surface area contributed by atoms with Crippen LogP contribution in [0.2, 0.25) is 0 Å². The third-order valence-electron chi connectivity index (χ3n) is 4.76. The van der Waals surface area contributed by atoms with Crippen LogP contribution in [0.5, 0.6) is 0 Å². The lowest BCUT2D eigenvalue weighted by Gasteiger charge is -2.39. The third kappa shape index (κ3) is 3.22. The van der Waals surface area contributed by atoms with Crippen LogP contribution in [0.3, 0.4) is 0 Å². The molecule has 1 aromatic carbocycles. The fourth-order valence-corrected chi connectivity index (χ4v) is 3.70. The van der Waals surface area contributed by atoms with E-state index in [1.165, 1.54) is 44.6 Å². The van der Waals surface area contributed by atoms with Crippen molar-refractivity contribution >= 4 is 0 Å². The molecule has 0 radical (unpaired) electrons. The van der Waals surface area contributed by atoms with Crippen molar-refractivity contribution in [2.24, 2.45) is 0 Å². The van der Waals surface area contributed by atoms with E-state index in [4.69, 9.17) is 0 Å². The molecule has 2 aliphatic rings. The molecule has 3 rings (SSSR count). The van der Waals surface area contributed by atoms with Crippen LogP contribution in [0.15, 0.2) is 30.3 Å². The summed E-state index contributed by atoms with van der Waals surface area (Å²) in [5.74, 6) is 0. The van der Waals surface area contributed by atoms with Gasteiger partial charge < -0.3 is 5.32 Å². The molecule has 0 aromatic heterocycles. The largest absolute Gasteiger partial charge is 0.309 e. The van der Waals surface area contributed by atoms with E-state index >= 15 is 0 Å². The van der Waals surface area contributed by atoms with Gasteiger partial charge in [-0.25, -0.2) is 0 Å². The number of hydrogen-bond acceptors (Lipinski definition) is 3. The van der Waals surface area contributed by atoms with Crippen LogP contribution in [0.4, 0.5) is 0 Å². The van der Waals surface area contributed by atoms with Gasteiger partial charge in [0, 0.05) is 38.3 Å². The zero-order valence-corrected chi connectivity index (χ0v) is 12.6. The molecular weight excluding hydrogens is 246 g/mol. The smallest absolute Gasteiger partial charge is 0.0449 e. The van der Waals surface area contributed by atoms with Gasteiger partial charge in [0.05, 0.1) is 0 Å². The minimum atomic E-state index is 0.467. The summed E-state index contributed by atoms with van der Waals surface area (Å²) >= 11 is 0. The zero-order chi connectivity index (χ0) is 13.8. The van der Waals surface area contributed by atoms with E-state index in [-0.39, 0.29) is 0 Å². The van der Waals surface area contributed by atoms with Gasteiger partial charge in [0.1, 0.15) is 0 Å². The fourth-order valence-electron chi connectivity index (χ4n) is 3.70. The zero-order valence-electron chi connectivity index (χ0n) is 12.6. The second-order valence-electron chi connectivity index (χ2n) is 6.11. The first-order valence-electron chi connectivity index (χ1n) is 8.11. The molecule has 20 heavy (non-hydrogen) atoms. The van der Waals surface area contributed by atoms with Crippen molar-refractivity contribution in [1.29, 1.82) is 0 Å². The maximum Gasteiger partial charge on any atom is 0.0449 e. The van der Waals surface area contributed by atoms with Crippen LogP contribution < -0.4 is 5.32 Å². The topological polar surface area (TPSA) is 18.5 Å². The minimum absolute atomic E-state index is 0.467. The molecule has 2 aliphatic heterocycles. The van der Waals surface area contributed by atoms with Gasteiger partial charge in [-0.15, -0.1) is 0 Å². The molecule has 2 unspecified atom stereocenters. The van der Waals surface area contributed by atoms with Gasteiger partial charge in [-0.1, -0.05) is 37.3 Å². The Labute approximate surface area is 123 Å². The molecule has 0 aliphatic carbocycles. The molecule has 2 fully saturated rings. The van der Waals surface area contributed by atoms with Crippen molar-refractivity contribution in [2.75, 3.05) is 39.3 Å². The number of fused-ring (bicyclic) bond motifs is 1. The maximum atomic E-state index is 3.65. The summed E-state index contributed by atoms with van der Waals surface area (Å²) < 4.78 is 0. The molecule has 3 nitrogen and oxygen atoms in total. The van der Waals surface area contributed by atoms with Crippen molar-refractivity contribution < 1.29 is 0 Å². The number of likely N-dealkylation sites (N-methyl/N-ethyl adjacent to an activating group) is 1. The van der Waals surface area contributed by atoms with E-state index < -0.39 is 0 Å². The summed E-state index contributed by atoms with van der Waals surface area (Å²) in [7, 11) is 0. The molecule has 1 N–H and O–H groups in total. The quantitative estimate of drug-likeness (QED) is 0.886. The van der Waals surface area contributed by atoms with E-state index in [9.17, 15) is 0 Å². The fraction of sp³-hybridized carbons (Fsp3) is 0.647. The molecule has 2 saturated heterocycles. The highest BCUT2D eigenvalue weighted by Crippen LogP contribution is 2.23. The predicted octanol–water partition coefficient (Wildman–Crippen LogP) is 2.12. The number of benzene rings is 1. The van der Waals surface area contributed by atoms with Gasteiger partial charge in [0.2, 0.25) is 0 Å². The molecule has 0 amide bonds. The standard InChI is InChI=1S/C17H27N3/c1-2-18-17(15-7-4-3-5-8-15)14-19-11-12-20-10-6-9-16(20)13-19/h3-5,7-8,16-18H,2,6,9-14H2,1H3. The Morgan fingerprint density at radius 2 is 2.05 bits per heavy atom. The van der Waals surface area contributed by atoms with Crippen molar-refractivity contribution in [3.8, 4) is 0 Å². The first kappa shape index (κ1) is 14.1. The van der Waals surface area contributed by atoms with Crippen LogP contribution >= 0.6 is 0 Å². The molecule has 0 bridgehead atoms. The molecule has 2 atom stereocenters. The number of rotatable bonds is 5. The average Bonchev–Trinajstić information content (AvgIpc) is 2.95. The minimum Gasteiger partial charge on any atom is -0.309 e. The molecule has 0 saturated carbocycles. The van der Waals surface area contributed by atoms with Crippen molar-refractivity contribution in [2.45, 2.75) is 31.8 Å². The number of nitrogens with one attached hydrogen (secondary N) is 1. The number of hydrogen-bond donors (Lipinski definition) is 1. The lowest BCUT2D eigenvalue weighted by Crippen LogP contribution is -2.51. The number of piperazine rings is 1. The number of nitrogens with zero attached hydrogens (tertiary/aromatic N) is 2.